The Morgan fingerprint density at radius 3 is 2.52 bits per heavy atom. The third kappa shape index (κ3) is 7.42. The predicted molar refractivity (Wildman–Crippen MR) is 106 cm³/mol. The fourth-order valence-electron chi connectivity index (χ4n) is 1.97. The van der Waals surface area contributed by atoms with Crippen LogP contribution in [-0.4, -0.2) is 31.1 Å². The van der Waals surface area contributed by atoms with E-state index in [2.05, 4.69) is 10.6 Å². The first kappa shape index (κ1) is 21.0. The molecule has 0 aliphatic heterocycles. The normalized spacial score (nSPS) is 10.6. The molecule has 0 atom stereocenters. The molecule has 6 nitrogen and oxygen atoms in total. The standard InChI is InChI=1S/C18H16Cl2N2O4S/c19-14-4-1-5-15(20)13(14)6-7-17(24)26-11-16(23)22-18(25)21-9-8-12-3-2-10-27-12/h1-7,10H,8-9,11H2,(H2,21,22,23,25)/b7-6+. The molecule has 0 fully saturated rings. The maximum atomic E-state index is 11.7. The van der Waals surface area contributed by atoms with Crippen LogP contribution in [0.2, 0.25) is 10.0 Å². The second-order valence-electron chi connectivity index (χ2n) is 5.21. The fraction of sp³-hybridized carbons (Fsp3) is 0.167. The first-order chi connectivity index (χ1) is 13.0. The van der Waals surface area contributed by atoms with Crippen LogP contribution >= 0.6 is 34.5 Å². The quantitative estimate of drug-likeness (QED) is 0.522. The second kappa shape index (κ2) is 10.7. The highest BCUT2D eigenvalue weighted by Gasteiger charge is 2.10. The molecule has 0 radical (unpaired) electrons. The van der Waals surface area contributed by atoms with Gasteiger partial charge in [-0.15, -0.1) is 11.3 Å². The van der Waals surface area contributed by atoms with Crippen LogP contribution in [-0.2, 0) is 20.7 Å². The lowest BCUT2D eigenvalue weighted by Crippen LogP contribution is -2.42. The summed E-state index contributed by atoms with van der Waals surface area (Å²) in [4.78, 5) is 36.0. The van der Waals surface area contributed by atoms with Crippen molar-refractivity contribution in [2.24, 2.45) is 0 Å². The van der Waals surface area contributed by atoms with Gasteiger partial charge in [-0.2, -0.15) is 0 Å². The molecule has 0 unspecified atom stereocenters. The molecule has 1 aromatic heterocycles. The molecule has 0 saturated heterocycles. The number of nitrogens with one attached hydrogen (secondary N) is 2. The van der Waals surface area contributed by atoms with Crippen molar-refractivity contribution in [3.63, 3.8) is 0 Å². The van der Waals surface area contributed by atoms with Gasteiger partial charge in [0.15, 0.2) is 6.61 Å². The Morgan fingerprint density at radius 1 is 1.11 bits per heavy atom. The van der Waals surface area contributed by atoms with Gasteiger partial charge in [0.2, 0.25) is 0 Å². The van der Waals surface area contributed by atoms with Gasteiger partial charge in [0.25, 0.3) is 5.91 Å². The van der Waals surface area contributed by atoms with Crippen molar-refractivity contribution in [3.8, 4) is 0 Å². The van der Waals surface area contributed by atoms with E-state index in [1.165, 1.54) is 6.08 Å². The number of hydrogen-bond donors (Lipinski definition) is 2. The number of rotatable bonds is 7. The van der Waals surface area contributed by atoms with Crippen LogP contribution in [0.5, 0.6) is 0 Å². The average molecular weight is 427 g/mol. The Bertz CT molecular complexity index is 818. The summed E-state index contributed by atoms with van der Waals surface area (Å²) in [6.07, 6.45) is 3.16. The van der Waals surface area contributed by atoms with Crippen LogP contribution in [0.3, 0.4) is 0 Å². The number of benzene rings is 1. The summed E-state index contributed by atoms with van der Waals surface area (Å²) < 4.78 is 4.77. The van der Waals surface area contributed by atoms with E-state index >= 15 is 0 Å². The first-order valence-corrected chi connectivity index (χ1v) is 9.48. The third-order valence-corrected chi connectivity index (χ3v) is 4.82. The molecule has 1 aromatic carbocycles. The molecular formula is C18H16Cl2N2O4S. The van der Waals surface area contributed by atoms with Crippen LogP contribution in [0.1, 0.15) is 10.4 Å². The lowest BCUT2D eigenvalue weighted by molar-refractivity contribution is -0.143. The minimum atomic E-state index is -0.765. The van der Waals surface area contributed by atoms with Gasteiger partial charge in [-0.1, -0.05) is 35.3 Å². The SMILES string of the molecule is O=C(COC(=O)/C=C/c1c(Cl)cccc1Cl)NC(=O)NCCc1cccs1. The highest BCUT2D eigenvalue weighted by Crippen LogP contribution is 2.25. The van der Waals surface area contributed by atoms with Crippen molar-refractivity contribution in [3.05, 3.63) is 62.3 Å². The lowest BCUT2D eigenvalue weighted by Gasteiger charge is -2.06. The zero-order chi connectivity index (χ0) is 19.6. The minimum absolute atomic E-state index is 0.378. The van der Waals surface area contributed by atoms with Crippen molar-refractivity contribution in [2.75, 3.05) is 13.2 Å². The largest absolute Gasteiger partial charge is 0.452 e. The zero-order valence-corrected chi connectivity index (χ0v) is 16.4. The van der Waals surface area contributed by atoms with Gasteiger partial charge < -0.3 is 10.1 Å². The average Bonchev–Trinajstić information content (AvgIpc) is 3.13. The third-order valence-electron chi connectivity index (χ3n) is 3.22. The molecule has 2 rings (SSSR count). The van der Waals surface area contributed by atoms with Gasteiger partial charge in [0.05, 0.1) is 0 Å². The second-order valence-corrected chi connectivity index (χ2v) is 7.06. The number of imide groups is 1. The Balaban J connectivity index is 1.69. The summed E-state index contributed by atoms with van der Waals surface area (Å²) in [7, 11) is 0. The molecule has 0 saturated carbocycles. The van der Waals surface area contributed by atoms with Crippen molar-refractivity contribution in [2.45, 2.75) is 6.42 Å². The number of esters is 1. The number of carbonyl (C=O) groups is 3. The molecule has 3 amide bonds. The molecular weight excluding hydrogens is 411 g/mol. The summed E-state index contributed by atoms with van der Waals surface area (Å²) in [6.45, 7) is -0.196. The fourth-order valence-corrected chi connectivity index (χ4v) is 3.20. The van der Waals surface area contributed by atoms with E-state index in [-0.39, 0.29) is 0 Å². The number of halogens is 2. The van der Waals surface area contributed by atoms with Crippen molar-refractivity contribution in [1.29, 1.82) is 0 Å². The molecule has 0 bridgehead atoms. The van der Waals surface area contributed by atoms with Gasteiger partial charge in [0, 0.05) is 33.1 Å². The topological polar surface area (TPSA) is 84.5 Å². The Morgan fingerprint density at radius 2 is 1.85 bits per heavy atom. The lowest BCUT2D eigenvalue weighted by atomic mass is 10.2. The van der Waals surface area contributed by atoms with Crippen LogP contribution in [0.15, 0.2) is 41.8 Å². The molecule has 2 N–H and O–H groups in total. The molecule has 1 heterocycles. The number of amides is 3. The molecule has 0 aliphatic carbocycles. The molecule has 27 heavy (non-hydrogen) atoms. The number of urea groups is 1. The van der Waals surface area contributed by atoms with E-state index in [0.29, 0.717) is 28.6 Å². The predicted octanol–water partition coefficient (Wildman–Crippen LogP) is 3.68. The number of ether oxygens (including phenoxy) is 1. The minimum Gasteiger partial charge on any atom is -0.452 e. The number of carbonyl (C=O) groups excluding carboxylic acids is 3. The van der Waals surface area contributed by atoms with Gasteiger partial charge in [-0.3, -0.25) is 10.1 Å². The Labute approximate surface area is 170 Å². The van der Waals surface area contributed by atoms with E-state index in [1.54, 1.807) is 29.5 Å². The Kier molecular flexibility index (Phi) is 8.32. The number of hydrogen-bond acceptors (Lipinski definition) is 5. The smallest absolute Gasteiger partial charge is 0.331 e. The zero-order valence-electron chi connectivity index (χ0n) is 14.0. The maximum absolute atomic E-state index is 11.7. The summed E-state index contributed by atoms with van der Waals surface area (Å²) >= 11 is 13.5. The van der Waals surface area contributed by atoms with Gasteiger partial charge >= 0.3 is 12.0 Å². The molecule has 0 spiro atoms. The van der Waals surface area contributed by atoms with E-state index in [9.17, 15) is 14.4 Å². The molecule has 9 heteroatoms. The van der Waals surface area contributed by atoms with Crippen LogP contribution in [0.25, 0.3) is 6.08 Å². The monoisotopic (exact) mass is 426 g/mol. The van der Waals surface area contributed by atoms with Gasteiger partial charge in [0.1, 0.15) is 0 Å². The van der Waals surface area contributed by atoms with E-state index in [1.807, 2.05) is 17.5 Å². The molecule has 0 aliphatic rings. The van der Waals surface area contributed by atoms with Crippen molar-refractivity contribution >= 4 is 58.5 Å². The van der Waals surface area contributed by atoms with Gasteiger partial charge in [-0.25, -0.2) is 9.59 Å². The van der Waals surface area contributed by atoms with Crippen molar-refractivity contribution in [1.82, 2.24) is 10.6 Å². The van der Waals surface area contributed by atoms with Crippen LogP contribution < -0.4 is 10.6 Å². The van der Waals surface area contributed by atoms with Crippen LogP contribution in [0, 0.1) is 0 Å². The van der Waals surface area contributed by atoms with Gasteiger partial charge in [-0.05, 0) is 36.1 Å². The van der Waals surface area contributed by atoms with Crippen LogP contribution in [0.4, 0.5) is 4.79 Å². The summed E-state index contributed by atoms with van der Waals surface area (Å²) in [6, 6.07) is 8.16. The first-order valence-electron chi connectivity index (χ1n) is 7.84. The number of thiophene rings is 1. The molecule has 2 aromatic rings. The van der Waals surface area contributed by atoms with E-state index in [0.717, 1.165) is 11.0 Å². The molecule has 142 valence electrons. The maximum Gasteiger partial charge on any atom is 0.331 e. The summed E-state index contributed by atoms with van der Waals surface area (Å²) in [5.74, 6) is -1.50. The summed E-state index contributed by atoms with van der Waals surface area (Å²) in [5, 5.41) is 7.33. The Hall–Kier alpha value is -2.35. The summed E-state index contributed by atoms with van der Waals surface area (Å²) in [5.41, 5.74) is 0.465. The van der Waals surface area contributed by atoms with E-state index < -0.39 is 24.5 Å². The van der Waals surface area contributed by atoms with Crippen molar-refractivity contribution < 1.29 is 19.1 Å². The highest BCUT2D eigenvalue weighted by molar-refractivity contribution is 7.09. The highest BCUT2D eigenvalue weighted by atomic mass is 35.5. The van der Waals surface area contributed by atoms with E-state index in [4.69, 9.17) is 27.9 Å².